The molecule has 1 fully saturated rings. The van der Waals surface area contributed by atoms with E-state index in [-0.39, 0.29) is 12.0 Å². The molecule has 0 spiro atoms. The molecule has 3 heteroatoms. The van der Waals surface area contributed by atoms with Crippen LogP contribution in [0.4, 0.5) is 0 Å². The molecule has 1 N–H and O–H groups in total. The van der Waals surface area contributed by atoms with Gasteiger partial charge in [0.15, 0.2) is 0 Å². The van der Waals surface area contributed by atoms with E-state index in [1.54, 1.807) is 0 Å². The van der Waals surface area contributed by atoms with Crippen molar-refractivity contribution < 1.29 is 9.53 Å². The molecule has 1 unspecified atom stereocenters. The summed E-state index contributed by atoms with van der Waals surface area (Å²) in [5.74, 6) is 0.774. The lowest BCUT2D eigenvalue weighted by atomic mass is 9.81. The van der Waals surface area contributed by atoms with Crippen LogP contribution in [0, 0.1) is 5.92 Å². The molecule has 1 saturated carbocycles. The Labute approximate surface area is 86.2 Å². The molecule has 0 aromatic carbocycles. The zero-order chi connectivity index (χ0) is 10.4. The molecule has 0 bridgehead atoms. The topological polar surface area (TPSA) is 38.3 Å². The average Bonchev–Trinajstić information content (AvgIpc) is 2.09. The molecule has 0 aromatic heterocycles. The second-order valence-electron chi connectivity index (χ2n) is 3.87. The maximum Gasteiger partial charge on any atom is 0.249 e. The van der Waals surface area contributed by atoms with Crippen LogP contribution < -0.4 is 5.32 Å². The van der Waals surface area contributed by atoms with Gasteiger partial charge >= 0.3 is 0 Å². The van der Waals surface area contributed by atoms with Crippen molar-refractivity contribution in [3.8, 4) is 0 Å². The summed E-state index contributed by atoms with van der Waals surface area (Å²) in [6.07, 6.45) is 4.54. The largest absolute Gasteiger partial charge is 0.369 e. The third-order valence-corrected chi connectivity index (χ3v) is 2.78. The molecule has 0 radical (unpaired) electrons. The molecule has 1 rings (SSSR count). The van der Waals surface area contributed by atoms with Crippen LogP contribution in [0.2, 0.25) is 0 Å². The predicted octanol–water partition coefficient (Wildman–Crippen LogP) is 1.72. The van der Waals surface area contributed by atoms with E-state index in [2.05, 4.69) is 5.32 Å². The summed E-state index contributed by atoms with van der Waals surface area (Å²) in [5.41, 5.74) is 0. The Hall–Kier alpha value is -0.570. The monoisotopic (exact) mass is 199 g/mol. The molecule has 0 heterocycles. The fourth-order valence-corrected chi connectivity index (χ4v) is 1.77. The van der Waals surface area contributed by atoms with Crippen LogP contribution in [0.15, 0.2) is 0 Å². The highest BCUT2D eigenvalue weighted by Gasteiger charge is 2.26. The molecule has 82 valence electrons. The Balaban J connectivity index is 2.32. The van der Waals surface area contributed by atoms with Crippen LogP contribution in [0.25, 0.3) is 0 Å². The standard InChI is InChI=1S/C11H21NO2/c1-3-12-11(13)10(14-4-2)8-9-6-5-7-9/h9-10H,3-8H2,1-2H3,(H,12,13). The Kier molecular flexibility index (Phi) is 4.94. The second kappa shape index (κ2) is 6.02. The van der Waals surface area contributed by atoms with E-state index < -0.39 is 0 Å². The number of nitrogens with one attached hydrogen (secondary N) is 1. The summed E-state index contributed by atoms with van der Waals surface area (Å²) >= 11 is 0. The van der Waals surface area contributed by atoms with Crippen LogP contribution in [-0.4, -0.2) is 25.2 Å². The molecular formula is C11H21NO2. The van der Waals surface area contributed by atoms with Gasteiger partial charge in [0.25, 0.3) is 0 Å². The second-order valence-corrected chi connectivity index (χ2v) is 3.87. The summed E-state index contributed by atoms with van der Waals surface area (Å²) in [6, 6.07) is 0. The minimum Gasteiger partial charge on any atom is -0.369 e. The molecule has 0 aliphatic heterocycles. The summed E-state index contributed by atoms with van der Waals surface area (Å²) in [4.78, 5) is 11.6. The predicted molar refractivity (Wildman–Crippen MR) is 56.1 cm³/mol. The summed E-state index contributed by atoms with van der Waals surface area (Å²) in [7, 11) is 0. The summed E-state index contributed by atoms with van der Waals surface area (Å²) < 4.78 is 5.45. The molecule has 0 saturated heterocycles. The van der Waals surface area contributed by atoms with Gasteiger partial charge in [0.1, 0.15) is 6.10 Å². The fourth-order valence-electron chi connectivity index (χ4n) is 1.77. The van der Waals surface area contributed by atoms with Crippen LogP contribution in [0.1, 0.15) is 39.5 Å². The minimum atomic E-state index is -0.217. The van der Waals surface area contributed by atoms with Gasteiger partial charge in [-0.15, -0.1) is 0 Å². The van der Waals surface area contributed by atoms with Gasteiger partial charge in [0, 0.05) is 13.2 Å². The number of amides is 1. The van der Waals surface area contributed by atoms with Crippen molar-refractivity contribution in [3.05, 3.63) is 0 Å². The van der Waals surface area contributed by atoms with Crippen molar-refractivity contribution in [1.82, 2.24) is 5.32 Å². The zero-order valence-corrected chi connectivity index (χ0v) is 9.21. The van der Waals surface area contributed by atoms with Gasteiger partial charge in [0.2, 0.25) is 5.91 Å². The zero-order valence-electron chi connectivity index (χ0n) is 9.21. The van der Waals surface area contributed by atoms with Gasteiger partial charge in [-0.2, -0.15) is 0 Å². The molecular weight excluding hydrogens is 178 g/mol. The molecule has 14 heavy (non-hydrogen) atoms. The van der Waals surface area contributed by atoms with Gasteiger partial charge in [-0.05, 0) is 26.2 Å². The van der Waals surface area contributed by atoms with Crippen molar-refractivity contribution >= 4 is 5.91 Å². The number of rotatable bonds is 6. The van der Waals surface area contributed by atoms with Gasteiger partial charge < -0.3 is 10.1 Å². The van der Waals surface area contributed by atoms with Crippen LogP contribution >= 0.6 is 0 Å². The van der Waals surface area contributed by atoms with Crippen molar-refractivity contribution in [2.75, 3.05) is 13.2 Å². The molecule has 3 nitrogen and oxygen atoms in total. The maximum atomic E-state index is 11.6. The van der Waals surface area contributed by atoms with E-state index in [1.807, 2.05) is 13.8 Å². The third-order valence-electron chi connectivity index (χ3n) is 2.78. The summed E-state index contributed by atoms with van der Waals surface area (Å²) in [5, 5.41) is 2.82. The Bertz CT molecular complexity index is 178. The Morgan fingerprint density at radius 3 is 2.64 bits per heavy atom. The van der Waals surface area contributed by atoms with E-state index in [0.717, 1.165) is 6.42 Å². The van der Waals surface area contributed by atoms with Crippen molar-refractivity contribution in [2.24, 2.45) is 5.92 Å². The number of ether oxygens (including phenoxy) is 1. The first-order valence-corrected chi connectivity index (χ1v) is 5.67. The normalized spacial score (nSPS) is 18.7. The Morgan fingerprint density at radius 2 is 2.21 bits per heavy atom. The van der Waals surface area contributed by atoms with E-state index in [9.17, 15) is 4.79 Å². The van der Waals surface area contributed by atoms with E-state index in [4.69, 9.17) is 4.74 Å². The molecule has 1 atom stereocenters. The first kappa shape index (κ1) is 11.5. The van der Waals surface area contributed by atoms with Gasteiger partial charge in [-0.25, -0.2) is 0 Å². The molecule has 1 amide bonds. The third kappa shape index (κ3) is 3.29. The highest BCUT2D eigenvalue weighted by Crippen LogP contribution is 2.31. The average molecular weight is 199 g/mol. The van der Waals surface area contributed by atoms with Crippen molar-refractivity contribution in [1.29, 1.82) is 0 Å². The van der Waals surface area contributed by atoms with Crippen molar-refractivity contribution in [2.45, 2.75) is 45.6 Å². The Morgan fingerprint density at radius 1 is 1.50 bits per heavy atom. The highest BCUT2D eigenvalue weighted by atomic mass is 16.5. The quantitative estimate of drug-likeness (QED) is 0.707. The first-order valence-electron chi connectivity index (χ1n) is 5.67. The smallest absolute Gasteiger partial charge is 0.249 e. The first-order chi connectivity index (χ1) is 6.77. The highest BCUT2D eigenvalue weighted by molar-refractivity contribution is 5.80. The summed E-state index contributed by atoms with van der Waals surface area (Å²) in [6.45, 7) is 5.18. The minimum absolute atomic E-state index is 0.0567. The fraction of sp³-hybridized carbons (Fsp3) is 0.909. The van der Waals surface area contributed by atoms with Crippen LogP contribution in [0.3, 0.4) is 0 Å². The van der Waals surface area contributed by atoms with Gasteiger partial charge in [-0.3, -0.25) is 4.79 Å². The number of hydrogen-bond acceptors (Lipinski definition) is 2. The van der Waals surface area contributed by atoms with Gasteiger partial charge in [-0.1, -0.05) is 19.3 Å². The number of carbonyl (C=O) groups is 1. The molecule has 1 aliphatic carbocycles. The maximum absolute atomic E-state index is 11.6. The number of likely N-dealkylation sites (N-methyl/N-ethyl adjacent to an activating group) is 1. The number of hydrogen-bond donors (Lipinski definition) is 1. The van der Waals surface area contributed by atoms with Crippen LogP contribution in [0.5, 0.6) is 0 Å². The SMILES string of the molecule is CCNC(=O)C(CC1CCC1)OCC. The van der Waals surface area contributed by atoms with E-state index in [1.165, 1.54) is 19.3 Å². The lowest BCUT2D eigenvalue weighted by Gasteiger charge is -2.28. The molecule has 1 aliphatic rings. The van der Waals surface area contributed by atoms with Gasteiger partial charge in [0.05, 0.1) is 0 Å². The lowest BCUT2D eigenvalue weighted by Crippen LogP contribution is -2.38. The lowest BCUT2D eigenvalue weighted by molar-refractivity contribution is -0.134. The van der Waals surface area contributed by atoms with E-state index in [0.29, 0.717) is 19.1 Å². The van der Waals surface area contributed by atoms with E-state index >= 15 is 0 Å². The molecule has 0 aromatic rings. The van der Waals surface area contributed by atoms with Crippen LogP contribution in [-0.2, 0) is 9.53 Å². The van der Waals surface area contributed by atoms with Crippen molar-refractivity contribution in [3.63, 3.8) is 0 Å². The number of carbonyl (C=O) groups excluding carboxylic acids is 1.